The second-order valence-electron chi connectivity index (χ2n) is 7.28. The van der Waals surface area contributed by atoms with Gasteiger partial charge in [0.25, 0.3) is 5.91 Å². The van der Waals surface area contributed by atoms with Gasteiger partial charge >= 0.3 is 0 Å². The lowest BCUT2D eigenvalue weighted by Gasteiger charge is -2.14. The Kier molecular flexibility index (Phi) is 6.17. The summed E-state index contributed by atoms with van der Waals surface area (Å²) in [5, 5.41) is 8.35. The number of hydrogen-bond acceptors (Lipinski definition) is 2. The molecule has 1 amide bonds. The van der Waals surface area contributed by atoms with Crippen molar-refractivity contribution < 1.29 is 9.69 Å². The zero-order valence-corrected chi connectivity index (χ0v) is 17.5. The van der Waals surface area contributed by atoms with Crippen LogP contribution in [0.4, 0.5) is 5.69 Å². The molecule has 6 heteroatoms. The largest absolute Gasteiger partial charge is 0.326 e. The predicted octanol–water partition coefficient (Wildman–Crippen LogP) is 3.10. The number of aromatic nitrogens is 2. The zero-order valence-electron chi connectivity index (χ0n) is 16.7. The van der Waals surface area contributed by atoms with Crippen molar-refractivity contribution in [2.75, 3.05) is 18.9 Å². The lowest BCUT2D eigenvalue weighted by Crippen LogP contribution is -3.08. The molecule has 2 aromatic carbocycles. The number of nitrogens with zero attached hydrogens (tertiary/aromatic N) is 2. The average Bonchev–Trinajstić information content (AvgIpc) is 2.90. The van der Waals surface area contributed by atoms with E-state index in [1.54, 1.807) is 0 Å². The Hall–Kier alpha value is -2.63. The lowest BCUT2D eigenvalue weighted by atomic mass is 10.2. The van der Waals surface area contributed by atoms with E-state index in [4.69, 9.17) is 11.6 Å². The summed E-state index contributed by atoms with van der Waals surface area (Å²) in [5.74, 6) is -0.0332. The third-order valence-corrected chi connectivity index (χ3v) is 4.93. The van der Waals surface area contributed by atoms with E-state index in [9.17, 15) is 4.79 Å². The molecule has 0 saturated heterocycles. The molecule has 0 aliphatic carbocycles. The SMILES string of the molecule is Cc1ccc(-n2nc(C)c(NC(=O)C[NH+](C)Cc3cccc(Cl)c3)c2C)cc1. The minimum Gasteiger partial charge on any atom is -0.326 e. The van der Waals surface area contributed by atoms with Crippen molar-refractivity contribution in [2.24, 2.45) is 0 Å². The number of rotatable bonds is 6. The van der Waals surface area contributed by atoms with Crippen LogP contribution in [0.5, 0.6) is 0 Å². The second-order valence-corrected chi connectivity index (χ2v) is 7.72. The number of carbonyl (C=O) groups excluding carboxylic acids is 1. The van der Waals surface area contributed by atoms with Crippen molar-refractivity contribution in [1.29, 1.82) is 0 Å². The van der Waals surface area contributed by atoms with E-state index < -0.39 is 0 Å². The van der Waals surface area contributed by atoms with E-state index in [0.717, 1.165) is 39.8 Å². The summed E-state index contributed by atoms with van der Waals surface area (Å²) in [5.41, 5.74) is 5.79. The van der Waals surface area contributed by atoms with E-state index in [0.29, 0.717) is 11.6 Å². The summed E-state index contributed by atoms with van der Waals surface area (Å²) < 4.78 is 1.87. The van der Waals surface area contributed by atoms with Gasteiger partial charge in [-0.1, -0.05) is 41.4 Å². The fraction of sp³-hybridized carbons (Fsp3) is 0.273. The number of benzene rings is 2. The maximum absolute atomic E-state index is 12.6. The standard InChI is InChI=1S/C22H25ClN4O/c1-15-8-10-20(11-9-15)27-17(3)22(16(2)25-27)24-21(28)14-26(4)13-18-6-5-7-19(23)12-18/h5-12H,13-14H2,1-4H3,(H,24,28)/p+1. The van der Waals surface area contributed by atoms with Crippen molar-refractivity contribution >= 4 is 23.2 Å². The van der Waals surface area contributed by atoms with E-state index in [1.165, 1.54) is 5.56 Å². The first-order chi connectivity index (χ1) is 13.3. The molecule has 0 bridgehead atoms. The Labute approximate surface area is 170 Å². The van der Waals surface area contributed by atoms with E-state index in [-0.39, 0.29) is 5.91 Å². The molecule has 28 heavy (non-hydrogen) atoms. The van der Waals surface area contributed by atoms with Crippen molar-refractivity contribution in [3.63, 3.8) is 0 Å². The number of carbonyl (C=O) groups is 1. The molecule has 0 aliphatic rings. The molecule has 2 N–H and O–H groups in total. The molecule has 0 fully saturated rings. The summed E-state index contributed by atoms with van der Waals surface area (Å²) >= 11 is 6.04. The van der Waals surface area contributed by atoms with Crippen LogP contribution in [0, 0.1) is 20.8 Å². The third kappa shape index (κ3) is 4.80. The zero-order chi connectivity index (χ0) is 20.3. The maximum Gasteiger partial charge on any atom is 0.279 e. The highest BCUT2D eigenvalue weighted by molar-refractivity contribution is 6.30. The molecule has 3 aromatic rings. The first-order valence-corrected chi connectivity index (χ1v) is 9.70. The third-order valence-electron chi connectivity index (χ3n) is 4.69. The molecule has 0 saturated carbocycles. The summed E-state index contributed by atoms with van der Waals surface area (Å²) in [7, 11) is 2.00. The topological polar surface area (TPSA) is 51.4 Å². The van der Waals surface area contributed by atoms with E-state index in [2.05, 4.69) is 29.5 Å². The average molecular weight is 398 g/mol. The smallest absolute Gasteiger partial charge is 0.279 e. The van der Waals surface area contributed by atoms with Crippen LogP contribution < -0.4 is 10.2 Å². The van der Waals surface area contributed by atoms with Gasteiger partial charge in [0.15, 0.2) is 6.54 Å². The fourth-order valence-corrected chi connectivity index (χ4v) is 3.49. The van der Waals surface area contributed by atoms with Gasteiger partial charge in [0, 0.05) is 10.6 Å². The van der Waals surface area contributed by atoms with Crippen LogP contribution in [-0.2, 0) is 11.3 Å². The summed E-state index contributed by atoms with van der Waals surface area (Å²) in [4.78, 5) is 13.7. The minimum absolute atomic E-state index is 0.0332. The fourth-order valence-electron chi connectivity index (χ4n) is 3.28. The normalized spacial score (nSPS) is 12.0. The van der Waals surface area contributed by atoms with Gasteiger partial charge in [-0.3, -0.25) is 4.79 Å². The molecular weight excluding hydrogens is 372 g/mol. The van der Waals surface area contributed by atoms with Gasteiger partial charge < -0.3 is 10.2 Å². The molecule has 1 unspecified atom stereocenters. The van der Waals surface area contributed by atoms with Crippen LogP contribution in [-0.4, -0.2) is 29.3 Å². The molecule has 0 spiro atoms. The van der Waals surface area contributed by atoms with Gasteiger partial charge in [0.05, 0.1) is 29.8 Å². The number of aryl methyl sites for hydroxylation is 2. The minimum atomic E-state index is -0.0332. The number of quaternary nitrogens is 1. The molecule has 1 atom stereocenters. The first-order valence-electron chi connectivity index (χ1n) is 9.32. The second kappa shape index (κ2) is 8.59. The monoisotopic (exact) mass is 397 g/mol. The number of halogens is 1. The molecule has 3 rings (SSSR count). The Morgan fingerprint density at radius 1 is 1.14 bits per heavy atom. The van der Waals surface area contributed by atoms with E-state index >= 15 is 0 Å². The summed E-state index contributed by atoms with van der Waals surface area (Å²) in [6, 6.07) is 15.9. The molecule has 0 radical (unpaired) electrons. The Balaban J connectivity index is 1.67. The van der Waals surface area contributed by atoms with Gasteiger partial charge in [-0.25, -0.2) is 4.68 Å². The Morgan fingerprint density at radius 2 is 1.86 bits per heavy atom. The van der Waals surface area contributed by atoms with Gasteiger partial charge in [-0.15, -0.1) is 0 Å². The van der Waals surface area contributed by atoms with Gasteiger partial charge in [0.1, 0.15) is 6.54 Å². The molecule has 5 nitrogen and oxygen atoms in total. The number of hydrogen-bond donors (Lipinski definition) is 2. The highest BCUT2D eigenvalue weighted by Crippen LogP contribution is 2.22. The number of likely N-dealkylation sites (N-methyl/N-ethyl adjacent to an activating group) is 1. The quantitative estimate of drug-likeness (QED) is 0.671. The van der Waals surface area contributed by atoms with Gasteiger partial charge in [-0.05, 0) is 45.0 Å². The van der Waals surface area contributed by atoms with Crippen LogP contribution in [0.2, 0.25) is 5.02 Å². The van der Waals surface area contributed by atoms with Gasteiger partial charge in [-0.2, -0.15) is 5.10 Å². The first kappa shape index (κ1) is 20.1. The number of anilines is 1. The Morgan fingerprint density at radius 3 is 2.54 bits per heavy atom. The lowest BCUT2D eigenvalue weighted by molar-refractivity contribution is -0.885. The van der Waals surface area contributed by atoms with Crippen LogP contribution in [0.1, 0.15) is 22.5 Å². The number of nitrogens with one attached hydrogen (secondary N) is 2. The molecule has 1 aromatic heterocycles. The molecule has 0 aliphatic heterocycles. The highest BCUT2D eigenvalue weighted by Gasteiger charge is 2.17. The van der Waals surface area contributed by atoms with Crippen LogP contribution in [0.25, 0.3) is 5.69 Å². The van der Waals surface area contributed by atoms with Crippen molar-refractivity contribution in [2.45, 2.75) is 27.3 Å². The Bertz CT molecular complexity index is 979. The number of amides is 1. The molecule has 1 heterocycles. The van der Waals surface area contributed by atoms with Crippen LogP contribution >= 0.6 is 11.6 Å². The summed E-state index contributed by atoms with van der Waals surface area (Å²) in [6.07, 6.45) is 0. The van der Waals surface area contributed by atoms with Crippen molar-refractivity contribution in [1.82, 2.24) is 9.78 Å². The predicted molar refractivity (Wildman–Crippen MR) is 113 cm³/mol. The van der Waals surface area contributed by atoms with E-state index in [1.807, 2.05) is 62.0 Å². The van der Waals surface area contributed by atoms with Crippen LogP contribution in [0.3, 0.4) is 0 Å². The molecule has 146 valence electrons. The maximum atomic E-state index is 12.6. The van der Waals surface area contributed by atoms with Crippen molar-refractivity contribution in [3.05, 3.63) is 76.1 Å². The highest BCUT2D eigenvalue weighted by atomic mass is 35.5. The van der Waals surface area contributed by atoms with Crippen molar-refractivity contribution in [3.8, 4) is 5.69 Å². The summed E-state index contributed by atoms with van der Waals surface area (Å²) in [6.45, 7) is 7.03. The molecular formula is C22H26ClN4O+. The van der Waals surface area contributed by atoms with Gasteiger partial charge in [0.2, 0.25) is 0 Å². The van der Waals surface area contributed by atoms with Crippen LogP contribution in [0.15, 0.2) is 48.5 Å².